The maximum Gasteiger partial charge on any atom is 0.418 e. The van der Waals surface area contributed by atoms with E-state index in [2.05, 4.69) is 14.9 Å². The molecule has 2 bridgehead atoms. The Labute approximate surface area is 142 Å². The number of aryl methyl sites for hydroxylation is 1. The standard InChI is InChI=1S/C11H16N6O7S/c1-15-8-6(4-13-15)7-5-16(9(8)10(18)14-23-3-2-12)11(19)17(7)24-25(20,21)22/h4,7,9H,2-3,5,12H2,1H3,(H,14,18)(H,20,21,22)/t7-,9-/m0/s1. The van der Waals surface area contributed by atoms with Crippen molar-refractivity contribution in [3.63, 3.8) is 0 Å². The van der Waals surface area contributed by atoms with E-state index in [1.807, 2.05) is 0 Å². The summed E-state index contributed by atoms with van der Waals surface area (Å²) in [4.78, 5) is 30.9. The second-order valence-electron chi connectivity index (χ2n) is 5.39. The van der Waals surface area contributed by atoms with Crippen LogP contribution in [0.2, 0.25) is 0 Å². The van der Waals surface area contributed by atoms with Crippen molar-refractivity contribution < 1.29 is 31.7 Å². The zero-order valence-electron chi connectivity index (χ0n) is 13.0. The van der Waals surface area contributed by atoms with E-state index in [-0.39, 0.29) is 19.7 Å². The van der Waals surface area contributed by atoms with Gasteiger partial charge in [-0.1, -0.05) is 0 Å². The first-order valence-electron chi connectivity index (χ1n) is 7.15. The number of hydrogen-bond acceptors (Lipinski definition) is 8. The van der Waals surface area contributed by atoms with Crippen LogP contribution in [-0.4, -0.2) is 64.3 Å². The van der Waals surface area contributed by atoms with Gasteiger partial charge >= 0.3 is 16.4 Å². The number of nitrogens with one attached hydrogen (secondary N) is 1. The van der Waals surface area contributed by atoms with E-state index in [0.29, 0.717) is 16.3 Å². The average molecular weight is 376 g/mol. The number of amides is 3. The minimum Gasteiger partial charge on any atom is -0.328 e. The molecular weight excluding hydrogens is 360 g/mol. The van der Waals surface area contributed by atoms with E-state index in [9.17, 15) is 18.0 Å². The highest BCUT2D eigenvalue weighted by Crippen LogP contribution is 2.43. The summed E-state index contributed by atoms with van der Waals surface area (Å²) in [5.41, 5.74) is 8.27. The van der Waals surface area contributed by atoms with Gasteiger partial charge in [-0.25, -0.2) is 10.3 Å². The van der Waals surface area contributed by atoms with E-state index < -0.39 is 34.4 Å². The molecule has 0 aliphatic carbocycles. The highest BCUT2D eigenvalue weighted by molar-refractivity contribution is 7.80. The number of aromatic nitrogens is 2. The lowest BCUT2D eigenvalue weighted by Crippen LogP contribution is -2.44. The highest BCUT2D eigenvalue weighted by atomic mass is 32.3. The average Bonchev–Trinajstić information content (AvgIpc) is 3.02. The molecule has 3 amide bonds. The number of hydroxylamine groups is 3. The Balaban J connectivity index is 1.96. The Hall–Kier alpha value is -2.26. The lowest BCUT2D eigenvalue weighted by Gasteiger charge is -2.29. The van der Waals surface area contributed by atoms with Gasteiger partial charge in [0.1, 0.15) is 6.04 Å². The molecular formula is C11H16N6O7S. The molecule has 3 rings (SSSR count). The molecule has 14 heteroatoms. The lowest BCUT2D eigenvalue weighted by atomic mass is 9.98. The van der Waals surface area contributed by atoms with Crippen LogP contribution in [0.5, 0.6) is 0 Å². The predicted molar refractivity (Wildman–Crippen MR) is 78.4 cm³/mol. The maximum atomic E-state index is 12.5. The molecule has 0 radical (unpaired) electrons. The van der Waals surface area contributed by atoms with Crippen LogP contribution in [0.4, 0.5) is 4.79 Å². The fourth-order valence-corrected chi connectivity index (χ4v) is 3.30. The summed E-state index contributed by atoms with van der Waals surface area (Å²) in [6.07, 6.45) is 1.40. The molecule has 2 atom stereocenters. The van der Waals surface area contributed by atoms with Crippen LogP contribution in [0, 0.1) is 0 Å². The number of urea groups is 1. The van der Waals surface area contributed by atoms with Gasteiger partial charge in [-0.2, -0.15) is 18.6 Å². The van der Waals surface area contributed by atoms with Crippen LogP contribution < -0.4 is 11.2 Å². The molecule has 1 aromatic heterocycles. The van der Waals surface area contributed by atoms with E-state index in [1.54, 1.807) is 7.05 Å². The normalized spacial score (nSPS) is 22.3. The third-order valence-corrected chi connectivity index (χ3v) is 4.20. The van der Waals surface area contributed by atoms with Crippen molar-refractivity contribution in [3.05, 3.63) is 17.5 Å². The highest BCUT2D eigenvalue weighted by Gasteiger charge is 2.53. The van der Waals surface area contributed by atoms with Gasteiger partial charge in [-0.15, -0.1) is 4.28 Å². The molecule has 2 aliphatic heterocycles. The summed E-state index contributed by atoms with van der Waals surface area (Å²) in [6, 6.07) is -2.84. The smallest absolute Gasteiger partial charge is 0.328 e. The van der Waals surface area contributed by atoms with E-state index in [1.165, 1.54) is 10.9 Å². The Morgan fingerprint density at radius 3 is 2.92 bits per heavy atom. The fraction of sp³-hybridized carbons (Fsp3) is 0.545. The van der Waals surface area contributed by atoms with Gasteiger partial charge in [0.2, 0.25) is 0 Å². The van der Waals surface area contributed by atoms with Crippen LogP contribution >= 0.6 is 0 Å². The Morgan fingerprint density at radius 1 is 1.56 bits per heavy atom. The monoisotopic (exact) mass is 376 g/mol. The van der Waals surface area contributed by atoms with E-state index in [0.717, 1.165) is 4.90 Å². The first-order valence-corrected chi connectivity index (χ1v) is 8.51. The maximum absolute atomic E-state index is 12.5. The van der Waals surface area contributed by atoms with Gasteiger partial charge < -0.3 is 10.6 Å². The van der Waals surface area contributed by atoms with Crippen molar-refractivity contribution in [2.45, 2.75) is 12.1 Å². The van der Waals surface area contributed by atoms with Crippen molar-refractivity contribution in [1.82, 2.24) is 25.2 Å². The molecule has 1 saturated heterocycles. The minimum atomic E-state index is -4.92. The van der Waals surface area contributed by atoms with Crippen molar-refractivity contribution in [1.29, 1.82) is 0 Å². The molecule has 0 unspecified atom stereocenters. The summed E-state index contributed by atoms with van der Waals surface area (Å²) >= 11 is 0. The number of nitrogens with two attached hydrogens (primary N) is 1. The van der Waals surface area contributed by atoms with Crippen molar-refractivity contribution in [2.75, 3.05) is 19.7 Å². The molecule has 2 aliphatic rings. The SMILES string of the molecule is Cn1ncc2c1[C@@H](C(=O)NOCCN)N1C[C@@H]2N(OS(=O)(=O)O)C1=O. The first-order chi connectivity index (χ1) is 11.7. The van der Waals surface area contributed by atoms with Gasteiger partial charge in [0.25, 0.3) is 5.91 Å². The largest absolute Gasteiger partial charge is 0.418 e. The number of rotatable bonds is 6. The van der Waals surface area contributed by atoms with Crippen LogP contribution in [0.25, 0.3) is 0 Å². The van der Waals surface area contributed by atoms with Gasteiger partial charge in [0.05, 0.1) is 25.0 Å². The quantitative estimate of drug-likeness (QED) is 0.288. The van der Waals surface area contributed by atoms with E-state index in [4.69, 9.17) is 15.1 Å². The number of fused-ring (bicyclic) bond motifs is 4. The van der Waals surface area contributed by atoms with Gasteiger partial charge in [-0.3, -0.25) is 18.9 Å². The molecule has 0 spiro atoms. The second kappa shape index (κ2) is 6.23. The molecule has 0 aromatic carbocycles. The van der Waals surface area contributed by atoms with Crippen LogP contribution in [0.15, 0.2) is 6.20 Å². The van der Waals surface area contributed by atoms with Crippen molar-refractivity contribution in [2.24, 2.45) is 12.8 Å². The Bertz CT molecular complexity index is 808. The summed E-state index contributed by atoms with van der Waals surface area (Å²) < 4.78 is 36.7. The zero-order chi connectivity index (χ0) is 18.4. The molecule has 3 heterocycles. The van der Waals surface area contributed by atoms with Crippen LogP contribution in [-0.2, 0) is 31.4 Å². The molecule has 4 N–H and O–H groups in total. The fourth-order valence-electron chi connectivity index (χ4n) is 2.93. The number of carbonyl (C=O) groups excluding carboxylic acids is 2. The molecule has 13 nitrogen and oxygen atoms in total. The van der Waals surface area contributed by atoms with Crippen molar-refractivity contribution >= 4 is 22.3 Å². The van der Waals surface area contributed by atoms with Crippen LogP contribution in [0.3, 0.4) is 0 Å². The van der Waals surface area contributed by atoms with E-state index >= 15 is 0 Å². The summed E-state index contributed by atoms with van der Waals surface area (Å²) in [6.45, 7) is 0.232. The summed E-state index contributed by atoms with van der Waals surface area (Å²) in [5, 5.41) is 4.55. The third kappa shape index (κ3) is 3.05. The molecule has 0 saturated carbocycles. The van der Waals surface area contributed by atoms with Gasteiger partial charge in [0.15, 0.2) is 6.04 Å². The molecule has 25 heavy (non-hydrogen) atoms. The van der Waals surface area contributed by atoms with Crippen LogP contribution in [0.1, 0.15) is 23.3 Å². The molecule has 1 aromatic rings. The summed E-state index contributed by atoms with van der Waals surface area (Å²) in [5.74, 6) is -0.654. The topological polar surface area (TPSA) is 169 Å². The molecule has 1 fully saturated rings. The van der Waals surface area contributed by atoms with Gasteiger partial charge in [-0.05, 0) is 0 Å². The summed E-state index contributed by atoms with van der Waals surface area (Å²) in [7, 11) is -3.34. The zero-order valence-corrected chi connectivity index (χ0v) is 13.8. The predicted octanol–water partition coefficient (Wildman–Crippen LogP) is -2.01. The number of nitrogens with zero attached hydrogens (tertiary/aromatic N) is 4. The number of carbonyl (C=O) groups is 2. The first kappa shape index (κ1) is 17.6. The third-order valence-electron chi connectivity index (χ3n) is 3.85. The molecule has 138 valence electrons. The Morgan fingerprint density at radius 2 is 2.28 bits per heavy atom. The van der Waals surface area contributed by atoms with Crippen molar-refractivity contribution in [3.8, 4) is 0 Å². The number of hydrogen-bond donors (Lipinski definition) is 3. The second-order valence-corrected chi connectivity index (χ2v) is 6.40. The lowest BCUT2D eigenvalue weighted by molar-refractivity contribution is -0.138. The minimum absolute atomic E-state index is 0.0258. The Kier molecular flexibility index (Phi) is 4.38. The van der Waals surface area contributed by atoms with Gasteiger partial charge in [0, 0.05) is 19.2 Å².